The van der Waals surface area contributed by atoms with E-state index < -0.39 is 0 Å². The first-order chi connectivity index (χ1) is 12.4. The monoisotopic (exact) mass is 365 g/mol. The summed E-state index contributed by atoms with van der Waals surface area (Å²) in [5.41, 5.74) is 14.3. The highest BCUT2D eigenvalue weighted by molar-refractivity contribution is 7.21. The van der Waals surface area contributed by atoms with E-state index in [1.165, 1.54) is 5.56 Å². The Labute approximate surface area is 155 Å². The van der Waals surface area contributed by atoms with Gasteiger partial charge in [0, 0.05) is 11.1 Å². The molecule has 0 spiro atoms. The maximum atomic E-state index is 12.6. The molecule has 0 unspecified atom stereocenters. The van der Waals surface area contributed by atoms with Gasteiger partial charge >= 0.3 is 0 Å². The maximum absolute atomic E-state index is 12.6. The first kappa shape index (κ1) is 17.7. The van der Waals surface area contributed by atoms with Crippen molar-refractivity contribution in [2.75, 3.05) is 16.8 Å². The zero-order valence-electron chi connectivity index (χ0n) is 14.5. The van der Waals surface area contributed by atoms with Crippen LogP contribution in [0.4, 0.5) is 17.2 Å². The first-order valence-electron chi connectivity index (χ1n) is 8.24. The van der Waals surface area contributed by atoms with Gasteiger partial charge in [-0.15, -0.1) is 11.3 Å². The molecule has 1 atom stereocenters. The van der Waals surface area contributed by atoms with Crippen molar-refractivity contribution in [2.45, 2.75) is 26.2 Å². The number of anilines is 3. The fraction of sp³-hybridized carbons (Fsp3) is 0.211. The van der Waals surface area contributed by atoms with E-state index in [0.717, 1.165) is 17.8 Å². The van der Waals surface area contributed by atoms with Gasteiger partial charge in [-0.3, -0.25) is 4.79 Å². The van der Waals surface area contributed by atoms with Crippen molar-refractivity contribution in [2.24, 2.45) is 0 Å². The smallest absolute Gasteiger partial charge is 0.267 e. The molecule has 0 fully saturated rings. The Balaban J connectivity index is 1.88. The molecule has 1 amide bonds. The van der Waals surface area contributed by atoms with Crippen LogP contribution < -0.4 is 16.8 Å². The minimum absolute atomic E-state index is 0.133. The second-order valence-corrected chi connectivity index (χ2v) is 7.12. The molecule has 0 radical (unpaired) electrons. The molecule has 7 heteroatoms. The Hall–Kier alpha value is -3.11. The first-order valence-corrected chi connectivity index (χ1v) is 9.06. The highest BCUT2D eigenvalue weighted by Crippen LogP contribution is 2.34. The normalized spacial score (nSPS) is 11.9. The highest BCUT2D eigenvalue weighted by atomic mass is 32.1. The fourth-order valence-electron chi connectivity index (χ4n) is 2.63. The molecular formula is C19H19N5OS. The third-order valence-electron chi connectivity index (χ3n) is 4.43. The number of fused-ring (bicyclic) bond motifs is 1. The Morgan fingerprint density at radius 2 is 2.04 bits per heavy atom. The molecule has 3 rings (SSSR count). The number of benzene rings is 1. The number of hydrogen-bond donors (Lipinski definition) is 3. The lowest BCUT2D eigenvalue weighted by Crippen LogP contribution is -2.12. The molecule has 3 aromatic rings. The Morgan fingerprint density at radius 3 is 2.65 bits per heavy atom. The standard InChI is InChI=1S/C19H19N5OS/c1-3-10(2)11-4-6-13(7-5-11)23-18(25)16-15(21)14-8-12(9-20)17(22)24-19(14)26-16/h4-8,10H,3,21H2,1-2H3,(H2,22,24)(H,23,25)/t10-/m0/s1. The second-order valence-electron chi connectivity index (χ2n) is 6.12. The summed E-state index contributed by atoms with van der Waals surface area (Å²) in [7, 11) is 0. The highest BCUT2D eigenvalue weighted by Gasteiger charge is 2.19. The fourth-order valence-corrected chi connectivity index (χ4v) is 3.61. The summed E-state index contributed by atoms with van der Waals surface area (Å²) in [6, 6.07) is 11.3. The molecule has 5 N–H and O–H groups in total. The number of nitrogens with one attached hydrogen (secondary N) is 1. The van der Waals surface area contributed by atoms with Crippen LogP contribution in [0.5, 0.6) is 0 Å². The summed E-state index contributed by atoms with van der Waals surface area (Å²) >= 11 is 1.16. The van der Waals surface area contributed by atoms with Gasteiger partial charge in [0.15, 0.2) is 0 Å². The van der Waals surface area contributed by atoms with E-state index in [2.05, 4.69) is 24.1 Å². The average molecular weight is 365 g/mol. The van der Waals surface area contributed by atoms with Crippen molar-refractivity contribution < 1.29 is 4.79 Å². The summed E-state index contributed by atoms with van der Waals surface area (Å²) < 4.78 is 0. The SMILES string of the molecule is CC[C@H](C)c1ccc(NC(=O)c2sc3nc(N)c(C#N)cc3c2N)cc1. The summed E-state index contributed by atoms with van der Waals surface area (Å²) in [4.78, 5) is 17.7. The van der Waals surface area contributed by atoms with E-state index in [1.54, 1.807) is 6.07 Å². The van der Waals surface area contributed by atoms with Crippen molar-refractivity contribution in [3.63, 3.8) is 0 Å². The molecule has 132 valence electrons. The number of pyridine rings is 1. The molecule has 0 aliphatic rings. The van der Waals surface area contributed by atoms with Crippen molar-refractivity contribution in [3.8, 4) is 6.07 Å². The molecule has 0 aliphatic carbocycles. The second kappa shape index (κ2) is 7.02. The van der Waals surface area contributed by atoms with E-state index in [9.17, 15) is 4.79 Å². The Kier molecular flexibility index (Phi) is 4.78. The molecule has 0 aliphatic heterocycles. The van der Waals surface area contributed by atoms with Gasteiger partial charge in [0.25, 0.3) is 5.91 Å². The number of amides is 1. The lowest BCUT2D eigenvalue weighted by Gasteiger charge is -2.10. The Morgan fingerprint density at radius 1 is 1.35 bits per heavy atom. The quantitative estimate of drug-likeness (QED) is 0.643. The number of thiophene rings is 1. The van der Waals surface area contributed by atoms with E-state index in [4.69, 9.17) is 16.7 Å². The third kappa shape index (κ3) is 3.19. The maximum Gasteiger partial charge on any atom is 0.267 e. The summed E-state index contributed by atoms with van der Waals surface area (Å²) in [6.07, 6.45) is 1.06. The number of aromatic nitrogens is 1. The molecule has 2 aromatic heterocycles. The number of nitrogens with two attached hydrogens (primary N) is 2. The number of nitrogen functional groups attached to an aromatic ring is 2. The van der Waals surface area contributed by atoms with Crippen LogP contribution in [0.3, 0.4) is 0 Å². The number of rotatable bonds is 4. The Bertz CT molecular complexity index is 1020. The minimum atomic E-state index is -0.307. The molecule has 26 heavy (non-hydrogen) atoms. The predicted octanol–water partition coefficient (Wildman–Crippen LogP) is 4.10. The number of hydrogen-bond acceptors (Lipinski definition) is 6. The summed E-state index contributed by atoms with van der Waals surface area (Å²) in [5.74, 6) is 0.302. The van der Waals surface area contributed by atoms with Crippen LogP contribution in [-0.2, 0) is 0 Å². The molecule has 0 saturated carbocycles. The van der Waals surface area contributed by atoms with E-state index in [1.807, 2.05) is 30.3 Å². The van der Waals surface area contributed by atoms with Gasteiger partial charge in [0.1, 0.15) is 21.6 Å². The van der Waals surface area contributed by atoms with Crippen molar-refractivity contribution in [1.82, 2.24) is 4.98 Å². The molecule has 1 aromatic carbocycles. The van der Waals surface area contributed by atoms with Gasteiger partial charge in [0.2, 0.25) is 0 Å². The van der Waals surface area contributed by atoms with Gasteiger partial charge in [-0.25, -0.2) is 4.98 Å². The van der Waals surface area contributed by atoms with Crippen LogP contribution in [0.2, 0.25) is 0 Å². The van der Waals surface area contributed by atoms with Crippen LogP contribution in [0.1, 0.15) is 47.0 Å². The van der Waals surface area contributed by atoms with Crippen LogP contribution in [0, 0.1) is 11.3 Å². The summed E-state index contributed by atoms with van der Waals surface area (Å²) in [6.45, 7) is 4.31. The average Bonchev–Trinajstić information content (AvgIpc) is 2.96. The van der Waals surface area contributed by atoms with Crippen LogP contribution in [-0.4, -0.2) is 10.9 Å². The topological polar surface area (TPSA) is 118 Å². The van der Waals surface area contributed by atoms with Gasteiger partial charge in [-0.2, -0.15) is 5.26 Å². The number of carbonyl (C=O) groups excluding carboxylic acids is 1. The molecular weight excluding hydrogens is 346 g/mol. The lowest BCUT2D eigenvalue weighted by atomic mass is 9.99. The molecule has 0 bridgehead atoms. The van der Waals surface area contributed by atoms with Crippen molar-refractivity contribution in [3.05, 3.63) is 46.3 Å². The van der Waals surface area contributed by atoms with E-state index in [0.29, 0.717) is 32.4 Å². The number of nitrogens with zero attached hydrogens (tertiary/aromatic N) is 2. The van der Waals surface area contributed by atoms with Crippen molar-refractivity contribution >= 4 is 44.7 Å². The van der Waals surface area contributed by atoms with Gasteiger partial charge in [-0.05, 0) is 36.1 Å². The van der Waals surface area contributed by atoms with Crippen molar-refractivity contribution in [1.29, 1.82) is 5.26 Å². The third-order valence-corrected chi connectivity index (χ3v) is 5.54. The van der Waals surface area contributed by atoms with Gasteiger partial charge < -0.3 is 16.8 Å². The van der Waals surface area contributed by atoms with E-state index in [-0.39, 0.29) is 17.3 Å². The van der Waals surface area contributed by atoms with E-state index >= 15 is 0 Å². The van der Waals surface area contributed by atoms with Gasteiger partial charge in [0.05, 0.1) is 11.3 Å². The zero-order valence-corrected chi connectivity index (χ0v) is 15.4. The zero-order chi connectivity index (χ0) is 18.8. The van der Waals surface area contributed by atoms with Crippen LogP contribution in [0.25, 0.3) is 10.2 Å². The largest absolute Gasteiger partial charge is 0.397 e. The number of carbonyl (C=O) groups is 1. The summed E-state index contributed by atoms with van der Waals surface area (Å²) in [5, 5.41) is 12.5. The number of nitriles is 1. The minimum Gasteiger partial charge on any atom is -0.397 e. The molecule has 2 heterocycles. The predicted molar refractivity (Wildman–Crippen MR) is 106 cm³/mol. The van der Waals surface area contributed by atoms with Gasteiger partial charge in [-0.1, -0.05) is 26.0 Å². The van der Waals surface area contributed by atoms with Crippen LogP contribution in [0.15, 0.2) is 30.3 Å². The molecule has 0 saturated heterocycles. The molecule has 6 nitrogen and oxygen atoms in total. The van der Waals surface area contributed by atoms with Crippen LogP contribution >= 0.6 is 11.3 Å². The lowest BCUT2D eigenvalue weighted by molar-refractivity contribution is 0.103.